The van der Waals surface area contributed by atoms with E-state index in [1.807, 2.05) is 97.9 Å². The first-order valence-corrected chi connectivity index (χ1v) is 12.3. The van der Waals surface area contributed by atoms with Crippen LogP contribution in [0.25, 0.3) is 22.8 Å². The topological polar surface area (TPSA) is 69.2 Å². The molecule has 2 atom stereocenters. The van der Waals surface area contributed by atoms with Gasteiger partial charge >= 0.3 is 0 Å². The molecular weight excluding hydrogens is 458 g/mol. The zero-order valence-electron chi connectivity index (χ0n) is 21.0. The zero-order chi connectivity index (χ0) is 25.8. The van der Waals surface area contributed by atoms with Crippen LogP contribution < -0.4 is 5.56 Å². The molecule has 0 saturated heterocycles. The molecule has 2 heterocycles. The van der Waals surface area contributed by atoms with Crippen molar-refractivity contribution in [1.29, 1.82) is 0 Å². The van der Waals surface area contributed by atoms with Gasteiger partial charge in [0.15, 0.2) is 0 Å². The largest absolute Gasteiger partial charge is 0.383 e. The van der Waals surface area contributed by atoms with E-state index in [0.29, 0.717) is 24.1 Å². The number of hydrogen-bond donors (Lipinski definition) is 2. The number of H-pyrrole nitrogens is 1. The summed E-state index contributed by atoms with van der Waals surface area (Å²) in [5.41, 5.74) is 10.3. The van der Waals surface area contributed by atoms with E-state index in [1.54, 1.807) is 18.6 Å². The molecule has 0 amide bonds. The standard InChI is InChI=1S/C32H29N3O2/c1-35(2)20-17-32(37,29-14-8-12-24-9-6-7-13-27(24)29)30(25-10-4-3-5-11-25)28-21-26(22-34-31(28)36)23-15-18-33-19-16-23/h3-7,9-13,15-16,18-19,21-22,30,37H,17,20H2,1-2H3,(H,34,36). The van der Waals surface area contributed by atoms with E-state index in [1.165, 1.54) is 0 Å². The minimum Gasteiger partial charge on any atom is -0.383 e. The van der Waals surface area contributed by atoms with Crippen LogP contribution in [0.5, 0.6) is 0 Å². The first-order valence-electron chi connectivity index (χ1n) is 12.3. The second kappa shape index (κ2) is 10.4. The van der Waals surface area contributed by atoms with Crippen LogP contribution in [0, 0.1) is 0 Å². The van der Waals surface area contributed by atoms with Gasteiger partial charge < -0.3 is 15.0 Å². The molecule has 2 aromatic heterocycles. The van der Waals surface area contributed by atoms with Crippen molar-refractivity contribution in [2.24, 2.45) is 0 Å². The highest BCUT2D eigenvalue weighted by Crippen LogP contribution is 2.46. The monoisotopic (exact) mass is 487 g/mol. The molecule has 4 aromatic rings. The molecule has 184 valence electrons. The third kappa shape index (κ3) is 4.90. The predicted octanol–water partition coefficient (Wildman–Crippen LogP) is 5.12. The molecule has 0 spiro atoms. The minimum atomic E-state index is -1.45. The maximum atomic E-state index is 13.5. The number of rotatable bonds is 8. The lowest BCUT2D eigenvalue weighted by Crippen LogP contribution is -2.43. The minimum absolute atomic E-state index is 0.237. The summed E-state index contributed by atoms with van der Waals surface area (Å²) in [4.78, 5) is 22.6. The van der Waals surface area contributed by atoms with E-state index < -0.39 is 11.5 Å². The Labute approximate surface area is 216 Å². The van der Waals surface area contributed by atoms with Crippen molar-refractivity contribution in [2.45, 2.75) is 17.9 Å². The summed E-state index contributed by atoms with van der Waals surface area (Å²) < 4.78 is 0. The number of nitrogens with zero attached hydrogens (tertiary/aromatic N) is 2. The third-order valence-electron chi connectivity index (χ3n) is 6.90. The van der Waals surface area contributed by atoms with Crippen LogP contribution in [0.2, 0.25) is 0 Å². The van der Waals surface area contributed by atoms with Gasteiger partial charge in [0, 0.05) is 42.2 Å². The Kier molecular flexibility index (Phi) is 6.87. The van der Waals surface area contributed by atoms with E-state index in [-0.39, 0.29) is 5.56 Å². The van der Waals surface area contributed by atoms with Gasteiger partial charge in [-0.15, -0.1) is 0 Å². The molecule has 1 aliphatic carbocycles. The third-order valence-corrected chi connectivity index (χ3v) is 6.90. The molecule has 5 heteroatoms. The summed E-state index contributed by atoms with van der Waals surface area (Å²) in [6.45, 7) is 0.610. The molecule has 2 N–H and O–H groups in total. The van der Waals surface area contributed by atoms with Crippen molar-refractivity contribution in [1.82, 2.24) is 14.9 Å². The Hall–Kier alpha value is -4.24. The number of hydrogen-bond acceptors (Lipinski definition) is 4. The molecule has 5 nitrogen and oxygen atoms in total. The molecule has 0 bridgehead atoms. The van der Waals surface area contributed by atoms with E-state index in [2.05, 4.69) is 21.4 Å². The second-order valence-corrected chi connectivity index (χ2v) is 9.61. The van der Waals surface area contributed by atoms with Crippen LogP contribution in [-0.2, 0) is 0 Å². The fourth-order valence-electron chi connectivity index (χ4n) is 5.04. The fourth-order valence-corrected chi connectivity index (χ4v) is 5.04. The molecule has 0 radical (unpaired) electrons. The average molecular weight is 488 g/mol. The summed E-state index contributed by atoms with van der Waals surface area (Å²) in [5.74, 6) is -0.658. The van der Waals surface area contributed by atoms with Gasteiger partial charge in [-0.25, -0.2) is 0 Å². The van der Waals surface area contributed by atoms with Crippen LogP contribution in [-0.4, -0.2) is 46.2 Å². The molecule has 0 aliphatic heterocycles. The summed E-state index contributed by atoms with van der Waals surface area (Å²) in [6, 6.07) is 23.4. The summed E-state index contributed by atoms with van der Waals surface area (Å²) >= 11 is 0. The zero-order valence-corrected chi connectivity index (χ0v) is 21.0. The van der Waals surface area contributed by atoms with Gasteiger partial charge in [0.2, 0.25) is 0 Å². The number of aliphatic hydroxyl groups is 1. The Morgan fingerprint density at radius 2 is 1.73 bits per heavy atom. The highest BCUT2D eigenvalue weighted by Gasteiger charge is 2.44. The average Bonchev–Trinajstić information content (AvgIpc) is 2.94. The highest BCUT2D eigenvalue weighted by atomic mass is 16.3. The van der Waals surface area contributed by atoms with Gasteiger partial charge in [-0.05, 0) is 72.6 Å². The van der Waals surface area contributed by atoms with Crippen molar-refractivity contribution in [3.8, 4) is 11.1 Å². The van der Waals surface area contributed by atoms with E-state index in [0.717, 1.165) is 27.8 Å². The fraction of sp³-hybridized carbons (Fsp3) is 0.188. The molecule has 2 aromatic carbocycles. The maximum absolute atomic E-state index is 13.5. The highest BCUT2D eigenvalue weighted by molar-refractivity contribution is 5.82. The van der Waals surface area contributed by atoms with Crippen LogP contribution in [0.3, 0.4) is 0 Å². The van der Waals surface area contributed by atoms with Crippen LogP contribution in [0.4, 0.5) is 0 Å². The smallest absolute Gasteiger partial charge is 0.251 e. The van der Waals surface area contributed by atoms with Crippen molar-refractivity contribution >= 4 is 11.6 Å². The van der Waals surface area contributed by atoms with E-state index in [4.69, 9.17) is 0 Å². The molecule has 0 saturated carbocycles. The molecule has 37 heavy (non-hydrogen) atoms. The van der Waals surface area contributed by atoms with Crippen molar-refractivity contribution in [2.75, 3.05) is 20.6 Å². The predicted molar refractivity (Wildman–Crippen MR) is 148 cm³/mol. The molecule has 0 fully saturated rings. The summed E-state index contributed by atoms with van der Waals surface area (Å²) in [7, 11) is 3.96. The SMILES string of the molecule is CN(C)CCC(O)(C1=C=C=Cc2ccccc21)C(c1ccccc1)c1cc(-c2ccncc2)c[nH]c1=O. The van der Waals surface area contributed by atoms with Gasteiger partial charge in [0.1, 0.15) is 5.60 Å². The Balaban J connectivity index is 1.78. The van der Waals surface area contributed by atoms with Gasteiger partial charge in [0.05, 0.1) is 0 Å². The van der Waals surface area contributed by atoms with E-state index >= 15 is 0 Å². The number of benzene rings is 2. The van der Waals surface area contributed by atoms with Crippen molar-refractivity contribution in [3.63, 3.8) is 0 Å². The number of aromatic nitrogens is 2. The van der Waals surface area contributed by atoms with Gasteiger partial charge in [-0.3, -0.25) is 9.78 Å². The summed E-state index contributed by atoms with van der Waals surface area (Å²) in [6.07, 6.45) is 7.42. The number of pyridine rings is 2. The number of aromatic amines is 1. The van der Waals surface area contributed by atoms with Gasteiger partial charge in [-0.2, -0.15) is 0 Å². The Morgan fingerprint density at radius 3 is 2.49 bits per heavy atom. The van der Waals surface area contributed by atoms with Crippen molar-refractivity contribution < 1.29 is 5.11 Å². The quantitative estimate of drug-likeness (QED) is 0.339. The molecule has 1 aliphatic rings. The first kappa shape index (κ1) is 24.5. The molecular formula is C32H29N3O2. The second-order valence-electron chi connectivity index (χ2n) is 9.61. The van der Waals surface area contributed by atoms with Crippen LogP contribution in [0.1, 0.15) is 34.6 Å². The summed E-state index contributed by atoms with van der Waals surface area (Å²) in [5, 5.41) is 12.8. The lowest BCUT2D eigenvalue weighted by molar-refractivity contribution is 0.0665. The maximum Gasteiger partial charge on any atom is 0.251 e. The number of nitrogens with one attached hydrogen (secondary N) is 1. The Bertz CT molecular complexity index is 1560. The molecule has 5 rings (SSSR count). The lowest BCUT2D eigenvalue weighted by Gasteiger charge is -2.39. The first-order chi connectivity index (χ1) is 18.0. The van der Waals surface area contributed by atoms with Crippen LogP contribution in [0.15, 0.2) is 108 Å². The normalized spacial score (nSPS) is 14.6. The van der Waals surface area contributed by atoms with Crippen LogP contribution >= 0.6 is 0 Å². The Morgan fingerprint density at radius 1 is 1.00 bits per heavy atom. The van der Waals surface area contributed by atoms with Gasteiger partial charge in [-0.1, -0.05) is 66.1 Å². The van der Waals surface area contributed by atoms with E-state index in [9.17, 15) is 9.90 Å². The number of fused-ring (bicyclic) bond motifs is 1. The molecule has 2 unspecified atom stereocenters. The lowest BCUT2D eigenvalue weighted by atomic mass is 9.69. The van der Waals surface area contributed by atoms with Gasteiger partial charge in [0.25, 0.3) is 5.56 Å². The van der Waals surface area contributed by atoms with Crippen molar-refractivity contribution in [3.05, 3.63) is 135 Å².